The molecule has 1 saturated carbocycles. The summed E-state index contributed by atoms with van der Waals surface area (Å²) in [6, 6.07) is 0. The van der Waals surface area contributed by atoms with Crippen molar-refractivity contribution in [2.45, 2.75) is 230 Å². The Hall–Kier alpha value is -1.93. The maximum absolute atomic E-state index is 12.8. The zero-order valence-electron chi connectivity index (χ0n) is 37.0. The van der Waals surface area contributed by atoms with Crippen LogP contribution in [-0.4, -0.2) is 98.3 Å². The molecule has 0 aromatic heterocycles. The van der Waals surface area contributed by atoms with E-state index in [-0.39, 0.29) is 12.8 Å². The first-order chi connectivity index (χ1) is 28.9. The zero-order chi connectivity index (χ0) is 44.3. The minimum Gasteiger partial charge on any atom is -0.462 e. The van der Waals surface area contributed by atoms with Gasteiger partial charge in [0.15, 0.2) is 6.10 Å². The Morgan fingerprint density at radius 3 is 1.37 bits per heavy atom. The summed E-state index contributed by atoms with van der Waals surface area (Å²) in [5.41, 5.74) is 0. The molecule has 1 fully saturated rings. The van der Waals surface area contributed by atoms with Gasteiger partial charge in [-0.15, -0.1) is 0 Å². The Morgan fingerprint density at radius 1 is 0.517 bits per heavy atom. The van der Waals surface area contributed by atoms with Gasteiger partial charge >= 0.3 is 19.8 Å². The molecule has 6 N–H and O–H groups in total. The summed E-state index contributed by atoms with van der Waals surface area (Å²) in [4.78, 5) is 35.7. The fourth-order valence-electron chi connectivity index (χ4n) is 6.90. The number of hydrogen-bond donors (Lipinski definition) is 6. The second-order valence-electron chi connectivity index (χ2n) is 16.3. The maximum atomic E-state index is 12.8. The summed E-state index contributed by atoms with van der Waals surface area (Å²) < 4.78 is 33.5. The van der Waals surface area contributed by atoms with Crippen molar-refractivity contribution in [3.05, 3.63) is 36.5 Å². The van der Waals surface area contributed by atoms with E-state index in [1.807, 2.05) is 0 Å². The number of unbranched alkanes of at least 4 members (excludes halogenated alkanes) is 20. The molecular weight excluding hydrogens is 791 g/mol. The number of carbonyl (C=O) groups excluding carboxylic acids is 2. The topological polar surface area (TPSA) is 210 Å². The summed E-state index contributed by atoms with van der Waals surface area (Å²) in [5.74, 6) is -1.11. The molecule has 0 radical (unpaired) electrons. The summed E-state index contributed by atoms with van der Waals surface area (Å²) >= 11 is 0. The third kappa shape index (κ3) is 28.6. The normalized spacial score (nSPS) is 22.5. The Balaban J connectivity index is 2.44. The molecule has 0 spiro atoms. The number of allylic oxidation sites excluding steroid dienone is 6. The van der Waals surface area contributed by atoms with Crippen molar-refractivity contribution >= 4 is 19.8 Å². The number of aliphatic hydroxyl groups excluding tert-OH is 5. The lowest BCUT2D eigenvalue weighted by molar-refractivity contribution is -0.220. The number of phosphoric ester groups is 1. The van der Waals surface area contributed by atoms with Crippen molar-refractivity contribution in [2.24, 2.45) is 0 Å². The van der Waals surface area contributed by atoms with Crippen LogP contribution in [-0.2, 0) is 32.7 Å². The number of hydrogen-bond acceptors (Lipinski definition) is 12. The molecule has 1 rings (SSSR count). The first kappa shape index (κ1) is 56.1. The fraction of sp³-hybridized carbons (Fsp3) is 0.826. The lowest BCUT2D eigenvalue weighted by Gasteiger charge is -2.41. The van der Waals surface area contributed by atoms with E-state index in [2.05, 4.69) is 50.3 Å². The number of phosphoric acid groups is 1. The van der Waals surface area contributed by atoms with E-state index in [4.69, 9.17) is 18.5 Å². The summed E-state index contributed by atoms with van der Waals surface area (Å²) in [7, 11) is -5.12. The molecule has 8 atom stereocenters. The smallest absolute Gasteiger partial charge is 0.462 e. The highest BCUT2D eigenvalue weighted by Gasteiger charge is 2.51. The van der Waals surface area contributed by atoms with Gasteiger partial charge in [0.25, 0.3) is 0 Å². The van der Waals surface area contributed by atoms with E-state index in [9.17, 15) is 44.6 Å². The summed E-state index contributed by atoms with van der Waals surface area (Å²) in [5, 5.41) is 50.1. The molecule has 0 aromatic rings. The number of rotatable bonds is 38. The Labute approximate surface area is 361 Å². The van der Waals surface area contributed by atoms with Crippen molar-refractivity contribution in [3.8, 4) is 0 Å². The van der Waals surface area contributed by atoms with Gasteiger partial charge in [-0.25, -0.2) is 4.57 Å². The van der Waals surface area contributed by atoms with Crippen LogP contribution in [0.5, 0.6) is 0 Å². The van der Waals surface area contributed by atoms with Crippen molar-refractivity contribution in [2.75, 3.05) is 13.2 Å². The lowest BCUT2D eigenvalue weighted by atomic mass is 9.85. The van der Waals surface area contributed by atoms with Crippen LogP contribution in [0.3, 0.4) is 0 Å². The largest absolute Gasteiger partial charge is 0.472 e. The SMILES string of the molecule is CCCCC/C=C\C/C=C\CCCCCCCCCCCC(=O)O[C@H](COC(=O)CCCCCCC/C=C\CCCCC)COP(=O)(O)OC1C(O)C(O)C(O)[C@@H](O)C1O. The predicted octanol–water partition coefficient (Wildman–Crippen LogP) is 9.00. The second kappa shape index (κ2) is 36.5. The van der Waals surface area contributed by atoms with Crippen LogP contribution in [0.15, 0.2) is 36.5 Å². The van der Waals surface area contributed by atoms with Crippen LogP contribution in [0, 0.1) is 0 Å². The van der Waals surface area contributed by atoms with Crippen LogP contribution in [0.4, 0.5) is 0 Å². The predicted molar refractivity (Wildman–Crippen MR) is 235 cm³/mol. The lowest BCUT2D eigenvalue weighted by Crippen LogP contribution is -2.64. The molecule has 350 valence electrons. The van der Waals surface area contributed by atoms with Gasteiger partial charge in [0.1, 0.15) is 43.2 Å². The van der Waals surface area contributed by atoms with Crippen LogP contribution < -0.4 is 0 Å². The molecule has 60 heavy (non-hydrogen) atoms. The molecule has 0 aliphatic heterocycles. The first-order valence-electron chi connectivity index (χ1n) is 23.3. The molecule has 0 aromatic carbocycles. The average molecular weight is 875 g/mol. The first-order valence-corrected chi connectivity index (χ1v) is 24.8. The molecule has 14 heteroatoms. The molecule has 13 nitrogen and oxygen atoms in total. The molecule has 6 unspecified atom stereocenters. The van der Waals surface area contributed by atoms with E-state index in [1.54, 1.807) is 0 Å². The average Bonchev–Trinajstić information content (AvgIpc) is 3.23. The van der Waals surface area contributed by atoms with E-state index >= 15 is 0 Å². The maximum Gasteiger partial charge on any atom is 0.472 e. The van der Waals surface area contributed by atoms with Gasteiger partial charge in [0.05, 0.1) is 6.61 Å². The molecular formula is C46H83O13P. The van der Waals surface area contributed by atoms with Crippen molar-refractivity contribution in [3.63, 3.8) is 0 Å². The van der Waals surface area contributed by atoms with Gasteiger partial charge in [-0.3, -0.25) is 18.6 Å². The number of aliphatic hydroxyl groups is 5. The van der Waals surface area contributed by atoms with Gasteiger partial charge in [0, 0.05) is 12.8 Å². The minimum atomic E-state index is -5.12. The zero-order valence-corrected chi connectivity index (χ0v) is 37.9. The Kier molecular flexibility index (Phi) is 34.2. The quantitative estimate of drug-likeness (QED) is 0.0148. The van der Waals surface area contributed by atoms with Crippen molar-refractivity contribution < 1.29 is 63.1 Å². The Bertz CT molecular complexity index is 1190. The van der Waals surface area contributed by atoms with Crippen molar-refractivity contribution in [1.29, 1.82) is 0 Å². The van der Waals surface area contributed by atoms with E-state index in [1.165, 1.54) is 70.6 Å². The van der Waals surface area contributed by atoms with Crippen molar-refractivity contribution in [1.82, 2.24) is 0 Å². The highest BCUT2D eigenvalue weighted by atomic mass is 31.2. The monoisotopic (exact) mass is 875 g/mol. The summed E-state index contributed by atoms with van der Waals surface area (Å²) in [6.07, 6.45) is 27.7. The molecule has 0 saturated heterocycles. The van der Waals surface area contributed by atoms with E-state index in [0.717, 1.165) is 77.0 Å². The molecule has 0 heterocycles. The van der Waals surface area contributed by atoms with Gasteiger partial charge in [-0.1, -0.05) is 140 Å². The second-order valence-corrected chi connectivity index (χ2v) is 17.7. The number of ether oxygens (including phenoxy) is 2. The van der Waals surface area contributed by atoms with Crippen LogP contribution in [0.25, 0.3) is 0 Å². The molecule has 0 bridgehead atoms. The highest BCUT2D eigenvalue weighted by Crippen LogP contribution is 2.47. The molecule has 1 aliphatic rings. The van der Waals surface area contributed by atoms with Crippen LogP contribution in [0.1, 0.15) is 187 Å². The van der Waals surface area contributed by atoms with E-state index in [0.29, 0.717) is 12.8 Å². The van der Waals surface area contributed by atoms with Crippen LogP contribution >= 0.6 is 7.82 Å². The standard InChI is InChI=1S/C46H83O13P/c1-3-5-7-9-11-13-15-17-18-19-20-21-22-23-25-27-29-31-33-35-40(48)58-38(36-56-39(47)34-32-30-28-26-24-16-14-12-10-8-6-4-2)37-57-60(54,55)59-46-44(52)42(50)41(49)43(51)45(46)53/h11-14,17-18,38,41-46,49-53H,3-10,15-16,19-37H2,1-2H3,(H,54,55)/b13-11-,14-12-,18-17-/t38-,41?,42-,43?,44?,45?,46?/m1/s1. The van der Waals surface area contributed by atoms with Crippen LogP contribution in [0.2, 0.25) is 0 Å². The van der Waals surface area contributed by atoms with E-state index < -0.39 is 75.7 Å². The minimum absolute atomic E-state index is 0.0904. The third-order valence-corrected chi connectivity index (χ3v) is 11.7. The number of carbonyl (C=O) groups is 2. The fourth-order valence-corrected chi connectivity index (χ4v) is 7.87. The molecule has 0 amide bonds. The van der Waals surface area contributed by atoms with Gasteiger partial charge in [-0.2, -0.15) is 0 Å². The van der Waals surface area contributed by atoms with Gasteiger partial charge in [0.2, 0.25) is 0 Å². The third-order valence-electron chi connectivity index (χ3n) is 10.7. The van der Waals surface area contributed by atoms with Gasteiger partial charge in [-0.05, 0) is 70.6 Å². The molecule has 1 aliphatic carbocycles. The summed E-state index contributed by atoms with van der Waals surface area (Å²) in [6.45, 7) is 3.24. The van der Waals surface area contributed by atoms with Gasteiger partial charge < -0.3 is 39.9 Å². The Morgan fingerprint density at radius 2 is 0.900 bits per heavy atom. The number of esters is 2. The highest BCUT2D eigenvalue weighted by molar-refractivity contribution is 7.47.